The van der Waals surface area contributed by atoms with Crippen LogP contribution < -0.4 is 4.72 Å². The third-order valence-corrected chi connectivity index (χ3v) is 5.78. The van der Waals surface area contributed by atoms with E-state index in [-0.39, 0.29) is 26.9 Å². The molecule has 0 aliphatic carbocycles. The number of halogens is 1. The van der Waals surface area contributed by atoms with Crippen molar-refractivity contribution in [1.29, 1.82) is 0 Å². The van der Waals surface area contributed by atoms with Crippen LogP contribution >= 0.6 is 11.6 Å². The number of oxazole rings is 1. The van der Waals surface area contributed by atoms with Crippen molar-refractivity contribution in [3.05, 3.63) is 89.9 Å². The Kier molecular flexibility index (Phi) is 5.30. The van der Waals surface area contributed by atoms with Gasteiger partial charge in [0.1, 0.15) is 12.0 Å². The molecule has 0 radical (unpaired) electrons. The van der Waals surface area contributed by atoms with Gasteiger partial charge in [-0.2, -0.15) is 0 Å². The van der Waals surface area contributed by atoms with E-state index in [0.717, 1.165) is 0 Å². The molecule has 0 unspecified atom stereocenters. The molecule has 0 fully saturated rings. The van der Waals surface area contributed by atoms with Crippen LogP contribution in [0.3, 0.4) is 0 Å². The highest BCUT2D eigenvalue weighted by atomic mass is 35.5. The molecule has 0 bridgehead atoms. The van der Waals surface area contributed by atoms with Gasteiger partial charge < -0.3 is 4.42 Å². The molecule has 8 nitrogen and oxygen atoms in total. The fourth-order valence-electron chi connectivity index (χ4n) is 2.72. The summed E-state index contributed by atoms with van der Waals surface area (Å²) >= 11 is 6.03. The van der Waals surface area contributed by atoms with Crippen molar-refractivity contribution in [3.8, 4) is 11.3 Å². The van der Waals surface area contributed by atoms with E-state index in [4.69, 9.17) is 16.0 Å². The normalized spacial score (nSPS) is 11.2. The van der Waals surface area contributed by atoms with Gasteiger partial charge in [0.15, 0.2) is 12.2 Å². The Hall–Kier alpha value is -3.56. The van der Waals surface area contributed by atoms with Crippen LogP contribution in [0.15, 0.2) is 83.0 Å². The maximum absolute atomic E-state index is 12.9. The van der Waals surface area contributed by atoms with E-state index in [9.17, 15) is 13.2 Å². The number of carbonyl (C=O) groups excluding carboxylic acids is 1. The number of hydrogen-bond acceptors (Lipinski definition) is 7. The molecule has 150 valence electrons. The zero-order valence-electron chi connectivity index (χ0n) is 15.2. The van der Waals surface area contributed by atoms with E-state index in [1.54, 1.807) is 12.1 Å². The number of sulfonamides is 1. The second-order valence-electron chi connectivity index (χ2n) is 6.11. The average molecular weight is 441 g/mol. The number of anilines is 1. The van der Waals surface area contributed by atoms with E-state index in [1.165, 1.54) is 61.5 Å². The minimum atomic E-state index is -3.97. The van der Waals surface area contributed by atoms with Crippen molar-refractivity contribution in [2.75, 3.05) is 4.72 Å². The number of ketones is 1. The van der Waals surface area contributed by atoms with Crippen molar-refractivity contribution in [2.24, 2.45) is 0 Å². The monoisotopic (exact) mass is 440 g/mol. The summed E-state index contributed by atoms with van der Waals surface area (Å²) < 4.78 is 33.4. The van der Waals surface area contributed by atoms with Gasteiger partial charge >= 0.3 is 0 Å². The zero-order chi connectivity index (χ0) is 21.1. The van der Waals surface area contributed by atoms with Crippen LogP contribution in [0, 0.1) is 0 Å². The van der Waals surface area contributed by atoms with Gasteiger partial charge in [-0.15, -0.1) is 0 Å². The van der Waals surface area contributed by atoms with E-state index in [2.05, 4.69) is 19.7 Å². The third kappa shape index (κ3) is 4.07. The van der Waals surface area contributed by atoms with Gasteiger partial charge in [0, 0.05) is 22.3 Å². The topological polar surface area (TPSA) is 115 Å². The molecule has 0 spiro atoms. The quantitative estimate of drug-likeness (QED) is 0.453. The first kappa shape index (κ1) is 19.7. The Morgan fingerprint density at radius 3 is 2.50 bits per heavy atom. The second-order valence-corrected chi connectivity index (χ2v) is 8.23. The number of aromatic nitrogens is 3. The molecule has 2 aromatic carbocycles. The fourth-order valence-corrected chi connectivity index (χ4v) is 3.97. The smallest absolute Gasteiger partial charge is 0.261 e. The molecule has 4 aromatic rings. The summed E-state index contributed by atoms with van der Waals surface area (Å²) in [6.07, 6.45) is 5.47. The molecule has 4 rings (SSSR count). The van der Waals surface area contributed by atoms with Crippen LogP contribution in [0.4, 0.5) is 5.69 Å². The molecule has 0 atom stereocenters. The van der Waals surface area contributed by atoms with Crippen LogP contribution in [0.1, 0.15) is 16.1 Å². The maximum atomic E-state index is 12.9. The van der Waals surface area contributed by atoms with Gasteiger partial charge in [-0.1, -0.05) is 11.6 Å². The molecule has 0 aliphatic rings. The van der Waals surface area contributed by atoms with Gasteiger partial charge in [-0.3, -0.25) is 9.52 Å². The lowest BCUT2D eigenvalue weighted by atomic mass is 10.1. The van der Waals surface area contributed by atoms with Crippen molar-refractivity contribution < 1.29 is 17.6 Å². The number of nitrogens with one attached hydrogen (secondary N) is 1. The van der Waals surface area contributed by atoms with Crippen molar-refractivity contribution in [3.63, 3.8) is 0 Å². The summed E-state index contributed by atoms with van der Waals surface area (Å²) in [5.41, 5.74) is 0.951. The lowest BCUT2D eigenvalue weighted by molar-refractivity contribution is 0.103. The van der Waals surface area contributed by atoms with Crippen LogP contribution in [0.2, 0.25) is 5.02 Å². The minimum Gasteiger partial charge on any atom is -0.444 e. The summed E-state index contributed by atoms with van der Waals surface area (Å²) in [5.74, 6) is 0.0283. The van der Waals surface area contributed by atoms with E-state index in [0.29, 0.717) is 11.3 Å². The molecule has 0 saturated heterocycles. The number of hydrogen-bond donors (Lipinski definition) is 1. The second kappa shape index (κ2) is 8.05. The number of rotatable bonds is 6. The lowest BCUT2D eigenvalue weighted by Gasteiger charge is -2.12. The van der Waals surface area contributed by atoms with E-state index < -0.39 is 15.8 Å². The average Bonchev–Trinajstić information content (AvgIpc) is 3.30. The molecule has 1 N–H and O–H groups in total. The highest BCUT2D eigenvalue weighted by Gasteiger charge is 2.21. The summed E-state index contributed by atoms with van der Waals surface area (Å²) in [7, 11) is -3.97. The van der Waals surface area contributed by atoms with E-state index >= 15 is 0 Å². The first-order chi connectivity index (χ1) is 14.4. The number of nitrogens with zero attached hydrogens (tertiary/aromatic N) is 3. The Balaban J connectivity index is 1.66. The summed E-state index contributed by atoms with van der Waals surface area (Å²) in [5, 5.41) is 0.284. The summed E-state index contributed by atoms with van der Waals surface area (Å²) in [6, 6.07) is 11.8. The molecule has 10 heteroatoms. The fraction of sp³-hybridized carbons (Fsp3) is 0. The molecule has 0 saturated carbocycles. The van der Waals surface area contributed by atoms with Gasteiger partial charge in [-0.25, -0.2) is 23.4 Å². The predicted molar refractivity (Wildman–Crippen MR) is 110 cm³/mol. The van der Waals surface area contributed by atoms with Crippen LogP contribution in [-0.4, -0.2) is 29.2 Å². The Morgan fingerprint density at radius 1 is 1.03 bits per heavy atom. The van der Waals surface area contributed by atoms with Gasteiger partial charge in [0.05, 0.1) is 16.8 Å². The van der Waals surface area contributed by atoms with E-state index in [1.807, 2.05) is 0 Å². The van der Waals surface area contributed by atoms with Gasteiger partial charge in [-0.05, 0) is 48.5 Å². The predicted octanol–water partition coefficient (Wildman–Crippen LogP) is 3.82. The highest BCUT2D eigenvalue weighted by molar-refractivity contribution is 7.92. The van der Waals surface area contributed by atoms with Crippen molar-refractivity contribution in [1.82, 2.24) is 15.0 Å². The largest absolute Gasteiger partial charge is 0.444 e. The van der Waals surface area contributed by atoms with Crippen LogP contribution in [0.5, 0.6) is 0 Å². The summed E-state index contributed by atoms with van der Waals surface area (Å²) in [4.78, 5) is 24.4. The number of benzene rings is 2. The molecular formula is C20H13ClN4O4S. The van der Waals surface area contributed by atoms with Gasteiger partial charge in [0.2, 0.25) is 5.78 Å². The molecular weight excluding hydrogens is 428 g/mol. The molecule has 0 amide bonds. The zero-order valence-corrected chi connectivity index (χ0v) is 16.8. The van der Waals surface area contributed by atoms with Crippen LogP contribution in [0.25, 0.3) is 11.3 Å². The van der Waals surface area contributed by atoms with Gasteiger partial charge in [0.25, 0.3) is 10.0 Å². The summed E-state index contributed by atoms with van der Waals surface area (Å²) in [6.45, 7) is 0. The Bertz CT molecular complexity index is 1290. The minimum absolute atomic E-state index is 0.0150. The lowest BCUT2D eigenvalue weighted by Crippen LogP contribution is -2.16. The molecule has 0 aliphatic heterocycles. The Morgan fingerprint density at radius 2 is 1.83 bits per heavy atom. The molecule has 30 heavy (non-hydrogen) atoms. The number of carbonyl (C=O) groups is 1. The Labute approximate surface area is 176 Å². The SMILES string of the molecule is O=C(c1ccncn1)c1cc(Cl)ccc1NS(=O)(=O)c1ccc(-c2cnco2)cc1. The first-order valence-corrected chi connectivity index (χ1v) is 10.4. The third-order valence-electron chi connectivity index (χ3n) is 4.17. The molecule has 2 heterocycles. The van der Waals surface area contributed by atoms with Crippen molar-refractivity contribution in [2.45, 2.75) is 4.90 Å². The first-order valence-electron chi connectivity index (χ1n) is 8.56. The maximum Gasteiger partial charge on any atom is 0.261 e. The highest BCUT2D eigenvalue weighted by Crippen LogP contribution is 2.27. The van der Waals surface area contributed by atoms with Crippen molar-refractivity contribution >= 4 is 33.1 Å². The molecule has 2 aromatic heterocycles. The standard InChI is InChI=1S/C20H13ClN4O4S/c21-14-3-6-17(16(9-14)20(26)18-7-8-22-11-24-18)25-30(27,28)15-4-1-13(2-5-15)19-10-23-12-29-19/h1-12,25H. The van der Waals surface area contributed by atoms with Crippen LogP contribution in [-0.2, 0) is 10.0 Å².